The summed E-state index contributed by atoms with van der Waals surface area (Å²) in [6.07, 6.45) is 4.01. The van der Waals surface area contributed by atoms with Crippen molar-refractivity contribution in [3.8, 4) is 5.75 Å². The average Bonchev–Trinajstić information content (AvgIpc) is 3.13. The first-order valence-electron chi connectivity index (χ1n) is 9.44. The van der Waals surface area contributed by atoms with E-state index in [1.54, 1.807) is 6.07 Å². The largest absolute Gasteiger partial charge is 0.467 e. The van der Waals surface area contributed by atoms with Gasteiger partial charge in [0.05, 0.1) is 24.4 Å². The Balaban J connectivity index is 1.30. The molecule has 27 heavy (non-hydrogen) atoms. The number of piperidine rings is 1. The summed E-state index contributed by atoms with van der Waals surface area (Å²) >= 11 is 0. The zero-order chi connectivity index (χ0) is 18.2. The third kappa shape index (κ3) is 3.19. The molecule has 2 aliphatic heterocycles. The van der Waals surface area contributed by atoms with E-state index >= 15 is 0 Å². The molecule has 1 fully saturated rings. The van der Waals surface area contributed by atoms with Gasteiger partial charge in [0.15, 0.2) is 6.79 Å². The summed E-state index contributed by atoms with van der Waals surface area (Å²) in [5.41, 5.74) is 2.91. The normalized spacial score (nSPS) is 18.4. The molecule has 0 aliphatic carbocycles. The summed E-state index contributed by atoms with van der Waals surface area (Å²) in [6.45, 7) is 3.27. The fourth-order valence-electron chi connectivity index (χ4n) is 4.22. The highest BCUT2D eigenvalue weighted by molar-refractivity contribution is 5.78. The number of halogens is 1. The molecular weight excluding hydrogens is 345 g/mol. The number of likely N-dealkylation sites (tertiary alicyclic amines) is 1. The second kappa shape index (κ2) is 6.94. The summed E-state index contributed by atoms with van der Waals surface area (Å²) in [4.78, 5) is 2.37. The standard InChI is InChI=1S/C21H22FN3O2/c22-18-9-16(21-17(10-18)13-26-14-27-21)12-24-7-5-19(6-8-24)25-20-4-2-1-3-15(20)11-23-25/h1-4,9-11,19H,5-8,12-14H2. The molecule has 0 radical (unpaired) electrons. The molecule has 6 heteroatoms. The van der Waals surface area contributed by atoms with Crippen LogP contribution >= 0.6 is 0 Å². The van der Waals surface area contributed by atoms with E-state index < -0.39 is 0 Å². The Hall–Kier alpha value is -2.44. The summed E-state index contributed by atoms with van der Waals surface area (Å²) in [6, 6.07) is 11.9. The molecule has 0 unspecified atom stereocenters. The molecule has 0 spiro atoms. The van der Waals surface area contributed by atoms with Gasteiger partial charge in [-0.2, -0.15) is 5.10 Å². The highest BCUT2D eigenvalue weighted by Crippen LogP contribution is 2.32. The Labute approximate surface area is 157 Å². The van der Waals surface area contributed by atoms with E-state index in [2.05, 4.69) is 32.9 Å². The predicted octanol–water partition coefficient (Wildman–Crippen LogP) is 3.88. The van der Waals surface area contributed by atoms with Crippen LogP contribution in [0.3, 0.4) is 0 Å². The molecule has 3 aromatic rings. The molecule has 3 heterocycles. The van der Waals surface area contributed by atoms with Gasteiger partial charge < -0.3 is 9.47 Å². The molecule has 0 N–H and O–H groups in total. The van der Waals surface area contributed by atoms with Crippen LogP contribution < -0.4 is 4.74 Å². The SMILES string of the molecule is Fc1cc2c(c(CN3CCC(n4ncc5ccccc54)CC3)c1)OCOC2. The molecule has 2 aromatic carbocycles. The van der Waals surface area contributed by atoms with E-state index in [4.69, 9.17) is 9.47 Å². The van der Waals surface area contributed by atoms with Crippen molar-refractivity contribution in [3.05, 3.63) is 59.5 Å². The highest BCUT2D eigenvalue weighted by atomic mass is 19.1. The third-order valence-electron chi connectivity index (χ3n) is 5.55. The van der Waals surface area contributed by atoms with E-state index in [0.29, 0.717) is 19.2 Å². The third-order valence-corrected chi connectivity index (χ3v) is 5.55. The van der Waals surface area contributed by atoms with Gasteiger partial charge >= 0.3 is 0 Å². The van der Waals surface area contributed by atoms with E-state index in [0.717, 1.165) is 42.8 Å². The van der Waals surface area contributed by atoms with Crippen LogP contribution in [-0.2, 0) is 17.9 Å². The smallest absolute Gasteiger partial charge is 0.189 e. The number of aromatic nitrogens is 2. The Kier molecular flexibility index (Phi) is 4.30. The number of nitrogens with zero attached hydrogens (tertiary/aromatic N) is 3. The van der Waals surface area contributed by atoms with Crippen molar-refractivity contribution in [2.45, 2.75) is 32.0 Å². The quantitative estimate of drug-likeness (QED) is 0.704. The van der Waals surface area contributed by atoms with Crippen LogP contribution in [0.1, 0.15) is 30.0 Å². The fraction of sp³-hybridized carbons (Fsp3) is 0.381. The molecule has 1 aromatic heterocycles. The van der Waals surface area contributed by atoms with E-state index in [1.165, 1.54) is 17.0 Å². The minimum atomic E-state index is -0.226. The zero-order valence-corrected chi connectivity index (χ0v) is 15.1. The van der Waals surface area contributed by atoms with Crippen LogP contribution in [0.5, 0.6) is 5.75 Å². The molecule has 5 nitrogen and oxygen atoms in total. The zero-order valence-electron chi connectivity index (χ0n) is 15.1. The first kappa shape index (κ1) is 16.7. The lowest BCUT2D eigenvalue weighted by molar-refractivity contribution is -0.0178. The number of para-hydroxylation sites is 1. The molecule has 0 saturated carbocycles. The van der Waals surface area contributed by atoms with Gasteiger partial charge in [0.2, 0.25) is 0 Å². The lowest BCUT2D eigenvalue weighted by Gasteiger charge is -2.33. The van der Waals surface area contributed by atoms with E-state index in [-0.39, 0.29) is 12.6 Å². The minimum Gasteiger partial charge on any atom is -0.467 e. The monoisotopic (exact) mass is 367 g/mol. The Morgan fingerprint density at radius 1 is 1.15 bits per heavy atom. The van der Waals surface area contributed by atoms with Crippen LogP contribution in [0, 0.1) is 5.82 Å². The van der Waals surface area contributed by atoms with Crippen molar-refractivity contribution in [3.63, 3.8) is 0 Å². The summed E-state index contributed by atoms with van der Waals surface area (Å²) in [7, 11) is 0. The highest BCUT2D eigenvalue weighted by Gasteiger charge is 2.24. The molecule has 0 bridgehead atoms. The first-order valence-corrected chi connectivity index (χ1v) is 9.44. The average molecular weight is 367 g/mol. The topological polar surface area (TPSA) is 39.5 Å². The van der Waals surface area contributed by atoms with Gasteiger partial charge in [-0.25, -0.2) is 4.39 Å². The van der Waals surface area contributed by atoms with Crippen LogP contribution in [0.2, 0.25) is 0 Å². The maximum absolute atomic E-state index is 14.0. The van der Waals surface area contributed by atoms with Crippen molar-refractivity contribution in [2.24, 2.45) is 0 Å². The van der Waals surface area contributed by atoms with Crippen LogP contribution in [0.4, 0.5) is 4.39 Å². The number of rotatable bonds is 3. The number of benzene rings is 2. The summed E-state index contributed by atoms with van der Waals surface area (Å²) in [5, 5.41) is 5.80. The number of fused-ring (bicyclic) bond motifs is 2. The molecule has 1 saturated heterocycles. The molecule has 2 aliphatic rings. The van der Waals surface area contributed by atoms with Gasteiger partial charge in [-0.1, -0.05) is 18.2 Å². The molecular formula is C21H22FN3O2. The maximum atomic E-state index is 14.0. The van der Waals surface area contributed by atoms with Crippen LogP contribution in [-0.4, -0.2) is 34.6 Å². The lowest BCUT2D eigenvalue weighted by Crippen LogP contribution is -2.34. The summed E-state index contributed by atoms with van der Waals surface area (Å²) < 4.78 is 27.1. The molecule has 140 valence electrons. The van der Waals surface area contributed by atoms with Gasteiger partial charge in [-0.05, 0) is 31.0 Å². The first-order chi connectivity index (χ1) is 13.3. The van der Waals surface area contributed by atoms with Crippen molar-refractivity contribution in [2.75, 3.05) is 19.9 Å². The van der Waals surface area contributed by atoms with Crippen LogP contribution in [0.25, 0.3) is 10.9 Å². The van der Waals surface area contributed by atoms with Gasteiger partial charge in [0.1, 0.15) is 11.6 Å². The lowest BCUT2D eigenvalue weighted by atomic mass is 10.0. The minimum absolute atomic E-state index is 0.226. The van der Waals surface area contributed by atoms with Gasteiger partial charge in [-0.15, -0.1) is 0 Å². The molecule has 0 atom stereocenters. The predicted molar refractivity (Wildman–Crippen MR) is 100.0 cm³/mol. The second-order valence-electron chi connectivity index (χ2n) is 7.32. The number of hydrogen-bond donors (Lipinski definition) is 0. The van der Waals surface area contributed by atoms with Gasteiger partial charge in [0.25, 0.3) is 0 Å². The van der Waals surface area contributed by atoms with E-state index in [1.807, 2.05) is 12.3 Å². The van der Waals surface area contributed by atoms with Crippen molar-refractivity contribution in [1.29, 1.82) is 0 Å². The fourth-order valence-corrected chi connectivity index (χ4v) is 4.22. The molecule has 5 rings (SSSR count). The Morgan fingerprint density at radius 3 is 2.89 bits per heavy atom. The van der Waals surface area contributed by atoms with Crippen LogP contribution in [0.15, 0.2) is 42.6 Å². The van der Waals surface area contributed by atoms with Crippen molar-refractivity contribution < 1.29 is 13.9 Å². The maximum Gasteiger partial charge on any atom is 0.189 e. The van der Waals surface area contributed by atoms with E-state index in [9.17, 15) is 4.39 Å². The van der Waals surface area contributed by atoms with Crippen molar-refractivity contribution >= 4 is 10.9 Å². The number of ether oxygens (including phenoxy) is 2. The van der Waals surface area contributed by atoms with Gasteiger partial charge in [-0.3, -0.25) is 9.58 Å². The van der Waals surface area contributed by atoms with Gasteiger partial charge in [0, 0.05) is 36.1 Å². The summed E-state index contributed by atoms with van der Waals surface area (Å²) in [5.74, 6) is 0.568. The number of hydrogen-bond acceptors (Lipinski definition) is 4. The van der Waals surface area contributed by atoms with Crippen molar-refractivity contribution in [1.82, 2.24) is 14.7 Å². The molecule has 0 amide bonds. The Morgan fingerprint density at radius 2 is 2.00 bits per heavy atom. The Bertz CT molecular complexity index is 963. The second-order valence-corrected chi connectivity index (χ2v) is 7.32.